The second kappa shape index (κ2) is 8.13. The molecule has 0 aliphatic carbocycles. The van der Waals surface area contributed by atoms with Crippen molar-refractivity contribution >= 4 is 23.0 Å². The highest BCUT2D eigenvalue weighted by molar-refractivity contribution is 5.94. The molecule has 3 heterocycles. The number of para-hydroxylation sites is 1. The maximum Gasteiger partial charge on any atom is 0.253 e. The van der Waals surface area contributed by atoms with Gasteiger partial charge in [-0.15, -0.1) is 0 Å². The van der Waals surface area contributed by atoms with Crippen molar-refractivity contribution in [2.45, 2.75) is 32.6 Å². The van der Waals surface area contributed by atoms with Crippen LogP contribution in [-0.4, -0.2) is 49.2 Å². The lowest BCUT2D eigenvalue weighted by atomic mass is 9.95. The van der Waals surface area contributed by atoms with Crippen molar-refractivity contribution < 1.29 is 4.79 Å². The molecule has 0 bridgehead atoms. The summed E-state index contributed by atoms with van der Waals surface area (Å²) >= 11 is 0. The topological polar surface area (TPSA) is 39.2 Å². The molecule has 1 saturated heterocycles. The van der Waals surface area contributed by atoms with Crippen LogP contribution >= 0.6 is 0 Å². The fourth-order valence-electron chi connectivity index (χ4n) is 4.95. The molecule has 30 heavy (non-hydrogen) atoms. The zero-order valence-electron chi connectivity index (χ0n) is 17.8. The predicted octanol–water partition coefficient (Wildman–Crippen LogP) is 4.19. The van der Waals surface area contributed by atoms with Crippen LogP contribution in [0.2, 0.25) is 0 Å². The number of nitrogens with zero attached hydrogens (tertiary/aromatic N) is 4. The summed E-state index contributed by atoms with van der Waals surface area (Å²) in [6, 6.07) is 16.7. The van der Waals surface area contributed by atoms with E-state index >= 15 is 0 Å². The van der Waals surface area contributed by atoms with Gasteiger partial charge in [-0.3, -0.25) is 9.80 Å². The van der Waals surface area contributed by atoms with E-state index < -0.39 is 0 Å². The summed E-state index contributed by atoms with van der Waals surface area (Å²) < 4.78 is 0. The molecular weight excluding hydrogens is 372 g/mol. The van der Waals surface area contributed by atoms with Crippen LogP contribution in [0.15, 0.2) is 53.6 Å². The Bertz CT molecular complexity index is 944. The van der Waals surface area contributed by atoms with Gasteiger partial charge in [0.15, 0.2) is 0 Å². The Morgan fingerprint density at radius 2 is 1.73 bits per heavy atom. The van der Waals surface area contributed by atoms with Crippen LogP contribution in [0.5, 0.6) is 0 Å². The van der Waals surface area contributed by atoms with Gasteiger partial charge in [0.1, 0.15) is 0 Å². The molecular formula is C25H30N4O. The van der Waals surface area contributed by atoms with Gasteiger partial charge < -0.3 is 9.80 Å². The zero-order valence-corrected chi connectivity index (χ0v) is 17.8. The first-order valence-corrected chi connectivity index (χ1v) is 11.2. The second-order valence-corrected chi connectivity index (χ2v) is 8.82. The Kier molecular flexibility index (Phi) is 5.19. The van der Waals surface area contributed by atoms with Crippen LogP contribution in [-0.2, 0) is 6.42 Å². The normalized spacial score (nSPS) is 19.2. The van der Waals surface area contributed by atoms with Gasteiger partial charge in [-0.25, -0.2) is 0 Å². The highest BCUT2D eigenvalue weighted by Gasteiger charge is 2.27. The Morgan fingerprint density at radius 3 is 2.47 bits per heavy atom. The number of piperidine rings is 1. The Morgan fingerprint density at radius 1 is 0.967 bits per heavy atom. The number of amides is 1. The van der Waals surface area contributed by atoms with Crippen molar-refractivity contribution in [2.75, 3.05) is 42.6 Å². The average Bonchev–Trinajstić information content (AvgIpc) is 3.40. The van der Waals surface area contributed by atoms with Gasteiger partial charge in [0, 0.05) is 56.1 Å². The number of benzene rings is 2. The molecule has 5 nitrogen and oxygen atoms in total. The van der Waals surface area contributed by atoms with E-state index in [1.165, 1.54) is 11.3 Å². The molecule has 0 N–H and O–H groups in total. The molecule has 5 rings (SSSR count). The molecule has 0 saturated carbocycles. The van der Waals surface area contributed by atoms with Crippen molar-refractivity contribution in [2.24, 2.45) is 11.0 Å². The lowest BCUT2D eigenvalue weighted by Gasteiger charge is -2.34. The molecule has 2 aromatic rings. The minimum atomic E-state index is 0.160. The van der Waals surface area contributed by atoms with Gasteiger partial charge in [-0.1, -0.05) is 18.2 Å². The van der Waals surface area contributed by atoms with Crippen LogP contribution < -0.4 is 9.91 Å². The van der Waals surface area contributed by atoms with Gasteiger partial charge in [-0.05, 0) is 68.0 Å². The van der Waals surface area contributed by atoms with Gasteiger partial charge >= 0.3 is 0 Å². The number of carbonyl (C=O) groups is 1. The molecule has 1 fully saturated rings. The smallest absolute Gasteiger partial charge is 0.253 e. The van der Waals surface area contributed by atoms with Crippen molar-refractivity contribution in [3.8, 4) is 0 Å². The summed E-state index contributed by atoms with van der Waals surface area (Å²) in [4.78, 5) is 17.5. The van der Waals surface area contributed by atoms with Crippen molar-refractivity contribution in [1.82, 2.24) is 4.90 Å². The van der Waals surface area contributed by atoms with E-state index in [1.54, 1.807) is 0 Å². The fraction of sp³-hybridized carbons (Fsp3) is 0.440. The minimum Gasteiger partial charge on any atom is -0.371 e. The third-order valence-corrected chi connectivity index (χ3v) is 6.75. The third-order valence-electron chi connectivity index (χ3n) is 6.75. The van der Waals surface area contributed by atoms with Crippen LogP contribution in [0.25, 0.3) is 0 Å². The standard InChI is InChI=1S/C25H30N4O/c1-19-10-17-29(26-19)23-8-6-22(7-9-23)25(30)27-14-11-20(12-15-27)18-28-16-13-21-4-2-3-5-24(21)28/h2-9,20H,10-18H2,1H3. The summed E-state index contributed by atoms with van der Waals surface area (Å²) in [6.45, 7) is 6.94. The number of hydrogen-bond acceptors (Lipinski definition) is 4. The van der Waals surface area contributed by atoms with Crippen LogP contribution in [0.3, 0.4) is 0 Å². The van der Waals surface area contributed by atoms with E-state index in [0.29, 0.717) is 5.92 Å². The highest BCUT2D eigenvalue weighted by Crippen LogP contribution is 2.30. The fourth-order valence-corrected chi connectivity index (χ4v) is 4.95. The molecule has 3 aliphatic rings. The molecule has 0 unspecified atom stereocenters. The Hall–Kier alpha value is -2.82. The molecule has 0 atom stereocenters. The van der Waals surface area contributed by atoms with E-state index in [9.17, 15) is 4.79 Å². The maximum absolute atomic E-state index is 13.0. The summed E-state index contributed by atoms with van der Waals surface area (Å²) in [6.07, 6.45) is 4.35. The first-order chi connectivity index (χ1) is 14.7. The van der Waals surface area contributed by atoms with Crippen LogP contribution in [0, 0.1) is 5.92 Å². The number of anilines is 2. The summed E-state index contributed by atoms with van der Waals surface area (Å²) in [5.74, 6) is 0.825. The molecule has 3 aliphatic heterocycles. The van der Waals surface area contributed by atoms with E-state index in [-0.39, 0.29) is 5.91 Å². The van der Waals surface area contributed by atoms with Gasteiger partial charge in [-0.2, -0.15) is 5.10 Å². The Balaban J connectivity index is 1.15. The summed E-state index contributed by atoms with van der Waals surface area (Å²) in [5, 5.41) is 6.56. The predicted molar refractivity (Wildman–Crippen MR) is 123 cm³/mol. The number of hydrogen-bond donors (Lipinski definition) is 0. The van der Waals surface area contributed by atoms with Gasteiger partial charge in [0.2, 0.25) is 0 Å². The molecule has 0 aromatic heterocycles. The SMILES string of the molecule is CC1=NN(c2ccc(C(=O)N3CCC(CN4CCc5ccccc54)CC3)cc2)CC1. The van der Waals surface area contributed by atoms with E-state index in [1.807, 2.05) is 34.2 Å². The van der Waals surface area contributed by atoms with E-state index in [2.05, 4.69) is 41.2 Å². The van der Waals surface area contributed by atoms with Crippen molar-refractivity contribution in [1.29, 1.82) is 0 Å². The van der Waals surface area contributed by atoms with Crippen molar-refractivity contribution in [3.05, 3.63) is 59.7 Å². The quantitative estimate of drug-likeness (QED) is 0.770. The van der Waals surface area contributed by atoms with Gasteiger partial charge in [0.05, 0.1) is 5.69 Å². The molecule has 156 valence electrons. The molecule has 5 heteroatoms. The highest BCUT2D eigenvalue weighted by atomic mass is 16.2. The molecule has 0 spiro atoms. The number of carbonyl (C=O) groups excluding carboxylic acids is 1. The maximum atomic E-state index is 13.0. The molecule has 1 amide bonds. The van der Waals surface area contributed by atoms with E-state index in [4.69, 9.17) is 0 Å². The second-order valence-electron chi connectivity index (χ2n) is 8.82. The average molecular weight is 403 g/mol. The first-order valence-electron chi connectivity index (χ1n) is 11.2. The number of likely N-dealkylation sites (tertiary alicyclic amines) is 1. The number of fused-ring (bicyclic) bond motifs is 1. The van der Waals surface area contributed by atoms with Crippen LogP contribution in [0.1, 0.15) is 42.1 Å². The minimum absolute atomic E-state index is 0.160. The summed E-state index contributed by atoms with van der Waals surface area (Å²) in [7, 11) is 0. The molecule has 0 radical (unpaired) electrons. The third kappa shape index (κ3) is 3.81. The Labute approximate surface area is 179 Å². The lowest BCUT2D eigenvalue weighted by Crippen LogP contribution is -2.41. The summed E-state index contributed by atoms with van der Waals surface area (Å²) in [5.41, 5.74) is 5.89. The van der Waals surface area contributed by atoms with Crippen LogP contribution in [0.4, 0.5) is 11.4 Å². The largest absolute Gasteiger partial charge is 0.371 e. The molecule has 2 aromatic carbocycles. The first kappa shape index (κ1) is 19.2. The van der Waals surface area contributed by atoms with E-state index in [0.717, 1.165) is 75.4 Å². The monoisotopic (exact) mass is 402 g/mol. The van der Waals surface area contributed by atoms with Crippen molar-refractivity contribution in [3.63, 3.8) is 0 Å². The zero-order chi connectivity index (χ0) is 20.5. The number of rotatable bonds is 4. The lowest BCUT2D eigenvalue weighted by molar-refractivity contribution is 0.0693. The van der Waals surface area contributed by atoms with Gasteiger partial charge in [0.25, 0.3) is 5.91 Å². The number of hydrazone groups is 1.